The number of nitrogens with one attached hydrogen (secondary N) is 1. The normalized spacial score (nSPS) is 19.1. The third kappa shape index (κ3) is 4.45. The first-order valence-corrected chi connectivity index (χ1v) is 9.04. The van der Waals surface area contributed by atoms with Gasteiger partial charge in [0.1, 0.15) is 12.6 Å². The van der Waals surface area contributed by atoms with Crippen molar-refractivity contribution < 1.29 is 27.5 Å². The van der Waals surface area contributed by atoms with Crippen molar-refractivity contribution >= 4 is 23.2 Å². The second-order valence-electron chi connectivity index (χ2n) is 6.96. The number of hydrogen-bond donors (Lipinski definition) is 2. The molecular weight excluding hydrogens is 377 g/mol. The van der Waals surface area contributed by atoms with Crippen molar-refractivity contribution in [3.05, 3.63) is 23.8 Å². The lowest BCUT2D eigenvalue weighted by atomic mass is 10.1. The molecule has 0 unspecified atom stereocenters. The Morgan fingerprint density at radius 2 is 2.14 bits per heavy atom. The summed E-state index contributed by atoms with van der Waals surface area (Å²) in [5, 5.41) is 2.36. The molecule has 2 fully saturated rings. The van der Waals surface area contributed by atoms with E-state index in [1.807, 2.05) is 0 Å². The van der Waals surface area contributed by atoms with Crippen LogP contribution in [0, 0.1) is 0 Å². The van der Waals surface area contributed by atoms with Crippen LogP contribution in [0.2, 0.25) is 0 Å². The predicted octanol–water partition coefficient (Wildman–Crippen LogP) is 1.43. The van der Waals surface area contributed by atoms with Crippen LogP contribution < -0.4 is 16.0 Å². The van der Waals surface area contributed by atoms with E-state index in [2.05, 4.69) is 5.32 Å². The van der Waals surface area contributed by atoms with E-state index in [0.717, 1.165) is 18.9 Å². The van der Waals surface area contributed by atoms with Crippen LogP contribution in [0.25, 0.3) is 0 Å². The maximum Gasteiger partial charge on any atom is 0.418 e. The molecule has 1 atom stereocenters. The molecule has 7 nitrogen and oxygen atoms in total. The summed E-state index contributed by atoms with van der Waals surface area (Å²) >= 11 is 0. The van der Waals surface area contributed by atoms with Crippen LogP contribution in [0.4, 0.5) is 24.5 Å². The van der Waals surface area contributed by atoms with E-state index < -0.39 is 29.6 Å². The summed E-state index contributed by atoms with van der Waals surface area (Å²) in [6.07, 6.45) is -2.82. The minimum absolute atomic E-state index is 0.000543. The summed E-state index contributed by atoms with van der Waals surface area (Å²) < 4.78 is 45.8. The van der Waals surface area contributed by atoms with Crippen LogP contribution in [0.5, 0.6) is 0 Å². The Bertz CT molecular complexity index is 752. The second kappa shape index (κ2) is 8.06. The third-order valence-corrected chi connectivity index (χ3v) is 5.00. The van der Waals surface area contributed by atoms with Gasteiger partial charge in [0.05, 0.1) is 17.9 Å². The monoisotopic (exact) mass is 400 g/mol. The number of morpholine rings is 1. The molecule has 0 bridgehead atoms. The van der Waals surface area contributed by atoms with E-state index >= 15 is 0 Å². The number of hydrogen-bond acceptors (Lipinski definition) is 5. The van der Waals surface area contributed by atoms with Gasteiger partial charge in [-0.3, -0.25) is 14.5 Å². The highest BCUT2D eigenvalue weighted by atomic mass is 19.4. The molecule has 1 heterocycles. The summed E-state index contributed by atoms with van der Waals surface area (Å²) in [7, 11) is 1.74. The van der Waals surface area contributed by atoms with E-state index in [4.69, 9.17) is 10.5 Å². The minimum Gasteiger partial charge on any atom is -0.370 e. The highest BCUT2D eigenvalue weighted by Crippen LogP contribution is 2.38. The number of likely N-dealkylation sites (N-methyl/N-ethyl adjacent to an activating group) is 1. The van der Waals surface area contributed by atoms with E-state index in [-0.39, 0.29) is 43.7 Å². The fourth-order valence-electron chi connectivity index (χ4n) is 3.25. The van der Waals surface area contributed by atoms with Gasteiger partial charge in [0.15, 0.2) is 0 Å². The number of halogens is 3. The molecule has 3 rings (SSSR count). The van der Waals surface area contributed by atoms with Gasteiger partial charge in [-0.25, -0.2) is 0 Å². The largest absolute Gasteiger partial charge is 0.418 e. The molecule has 1 aromatic carbocycles. The number of nitrogens with two attached hydrogens (primary N) is 1. The number of ether oxygens (including phenoxy) is 1. The summed E-state index contributed by atoms with van der Waals surface area (Å²) in [6.45, 7) is 0.243. The minimum atomic E-state index is -4.70. The van der Waals surface area contributed by atoms with Crippen LogP contribution in [0.15, 0.2) is 18.2 Å². The Kier molecular flexibility index (Phi) is 5.92. The number of benzene rings is 1. The van der Waals surface area contributed by atoms with Crippen molar-refractivity contribution in [2.75, 3.05) is 43.6 Å². The summed E-state index contributed by atoms with van der Waals surface area (Å²) in [5.41, 5.74) is 4.42. The van der Waals surface area contributed by atoms with Crippen molar-refractivity contribution in [1.82, 2.24) is 4.90 Å². The fourth-order valence-corrected chi connectivity index (χ4v) is 3.25. The standard InChI is InChI=1S/C18H23F3N4O3/c1-24(11-2-3-11)15(9-22)17(27)23-14-5-4-12(8-13(14)18(19,20)21)25-6-7-28-10-16(25)26/h4-5,8,11,15H,2-3,6-7,9-10,22H2,1H3,(H,23,27)/t15-/m0/s1. The predicted molar refractivity (Wildman–Crippen MR) is 96.9 cm³/mol. The Hall–Kier alpha value is -2.17. The number of amides is 2. The Labute approximate surface area is 160 Å². The first kappa shape index (κ1) is 20.6. The lowest BCUT2D eigenvalue weighted by molar-refractivity contribution is -0.137. The fraction of sp³-hybridized carbons (Fsp3) is 0.556. The van der Waals surface area contributed by atoms with Crippen LogP contribution in [-0.2, 0) is 20.5 Å². The quantitative estimate of drug-likeness (QED) is 0.754. The van der Waals surface area contributed by atoms with Gasteiger partial charge in [0, 0.05) is 24.8 Å². The Morgan fingerprint density at radius 1 is 1.43 bits per heavy atom. The number of nitrogens with zero attached hydrogens (tertiary/aromatic N) is 2. The molecule has 10 heteroatoms. The zero-order valence-corrected chi connectivity index (χ0v) is 15.5. The molecular formula is C18H23F3N4O3. The van der Waals surface area contributed by atoms with Crippen molar-refractivity contribution in [2.24, 2.45) is 5.73 Å². The van der Waals surface area contributed by atoms with Crippen molar-refractivity contribution in [3.63, 3.8) is 0 Å². The molecule has 2 aliphatic rings. The molecule has 1 aliphatic heterocycles. The van der Waals surface area contributed by atoms with Gasteiger partial charge in [0.25, 0.3) is 5.91 Å². The summed E-state index contributed by atoms with van der Waals surface area (Å²) in [6, 6.07) is 2.95. The molecule has 3 N–H and O–H groups in total. The van der Waals surface area contributed by atoms with E-state index in [1.165, 1.54) is 17.0 Å². The molecule has 154 valence electrons. The number of alkyl halides is 3. The number of rotatable bonds is 6. The van der Waals surface area contributed by atoms with E-state index in [1.54, 1.807) is 11.9 Å². The molecule has 1 saturated heterocycles. The van der Waals surface area contributed by atoms with Gasteiger partial charge in [-0.05, 0) is 38.1 Å². The summed E-state index contributed by atoms with van der Waals surface area (Å²) in [4.78, 5) is 27.5. The first-order chi connectivity index (χ1) is 13.2. The lowest BCUT2D eigenvalue weighted by Crippen LogP contribution is -2.47. The third-order valence-electron chi connectivity index (χ3n) is 5.00. The smallest absolute Gasteiger partial charge is 0.370 e. The van der Waals surface area contributed by atoms with E-state index in [0.29, 0.717) is 0 Å². The molecule has 0 spiro atoms. The molecule has 1 aromatic rings. The number of anilines is 2. The molecule has 2 amide bonds. The first-order valence-electron chi connectivity index (χ1n) is 9.04. The second-order valence-corrected chi connectivity index (χ2v) is 6.96. The number of carbonyl (C=O) groups is 2. The maximum atomic E-state index is 13.6. The summed E-state index contributed by atoms with van der Waals surface area (Å²) in [5.74, 6) is -0.997. The van der Waals surface area contributed by atoms with Gasteiger partial charge >= 0.3 is 6.18 Å². The lowest BCUT2D eigenvalue weighted by Gasteiger charge is -2.29. The Morgan fingerprint density at radius 3 is 2.71 bits per heavy atom. The number of carbonyl (C=O) groups excluding carboxylic acids is 2. The van der Waals surface area contributed by atoms with Crippen molar-refractivity contribution in [2.45, 2.75) is 31.1 Å². The topological polar surface area (TPSA) is 87.9 Å². The zero-order valence-electron chi connectivity index (χ0n) is 15.5. The maximum absolute atomic E-state index is 13.6. The Balaban J connectivity index is 1.85. The average Bonchev–Trinajstić information content (AvgIpc) is 3.47. The molecule has 0 radical (unpaired) electrons. The zero-order chi connectivity index (χ0) is 20.5. The van der Waals surface area contributed by atoms with Gasteiger partial charge in [-0.15, -0.1) is 0 Å². The van der Waals surface area contributed by atoms with Gasteiger partial charge < -0.3 is 20.7 Å². The molecule has 1 aliphatic carbocycles. The highest BCUT2D eigenvalue weighted by Gasteiger charge is 2.37. The van der Waals surface area contributed by atoms with Crippen LogP contribution >= 0.6 is 0 Å². The van der Waals surface area contributed by atoms with Crippen LogP contribution in [-0.4, -0.2) is 62.1 Å². The van der Waals surface area contributed by atoms with Crippen molar-refractivity contribution in [3.8, 4) is 0 Å². The van der Waals surface area contributed by atoms with Crippen LogP contribution in [0.1, 0.15) is 18.4 Å². The van der Waals surface area contributed by atoms with Gasteiger partial charge in [-0.1, -0.05) is 0 Å². The SMILES string of the molecule is CN(C1CC1)[C@@H](CN)C(=O)Nc1ccc(N2CCOCC2=O)cc1C(F)(F)F. The van der Waals surface area contributed by atoms with Crippen LogP contribution in [0.3, 0.4) is 0 Å². The average molecular weight is 400 g/mol. The highest BCUT2D eigenvalue weighted by molar-refractivity contribution is 5.98. The van der Waals surface area contributed by atoms with Crippen molar-refractivity contribution in [1.29, 1.82) is 0 Å². The molecule has 0 aromatic heterocycles. The van der Waals surface area contributed by atoms with Gasteiger partial charge in [0.2, 0.25) is 5.91 Å². The molecule has 1 saturated carbocycles. The van der Waals surface area contributed by atoms with E-state index in [9.17, 15) is 22.8 Å². The molecule has 28 heavy (non-hydrogen) atoms. The van der Waals surface area contributed by atoms with Gasteiger partial charge in [-0.2, -0.15) is 13.2 Å².